The Labute approximate surface area is 180 Å². The van der Waals surface area contributed by atoms with Gasteiger partial charge in [-0.15, -0.1) is 0 Å². The Morgan fingerprint density at radius 1 is 0.900 bits per heavy atom. The molecule has 0 unspecified atom stereocenters. The van der Waals surface area contributed by atoms with E-state index in [0.717, 1.165) is 5.56 Å². The molecule has 3 amide bonds. The molecule has 0 aliphatic rings. The molecule has 1 rings (SSSR count). The first-order valence-corrected chi connectivity index (χ1v) is 10.6. The summed E-state index contributed by atoms with van der Waals surface area (Å²) in [6.07, 6.45) is -0.606. The molecule has 30 heavy (non-hydrogen) atoms. The Kier molecular flexibility index (Phi) is 10.4. The largest absolute Gasteiger partial charge is 0.449 e. The molecule has 0 radical (unpaired) electrons. The van der Waals surface area contributed by atoms with E-state index in [-0.39, 0.29) is 42.2 Å². The van der Waals surface area contributed by atoms with Crippen molar-refractivity contribution in [1.82, 2.24) is 16.0 Å². The molecule has 0 aliphatic heterocycles. The maximum Gasteiger partial charge on any atom is 0.407 e. The van der Waals surface area contributed by atoms with E-state index in [1.54, 1.807) is 12.1 Å². The summed E-state index contributed by atoms with van der Waals surface area (Å²) in [5.41, 5.74) is 1.66. The van der Waals surface area contributed by atoms with Crippen LogP contribution in [0.1, 0.15) is 57.5 Å². The van der Waals surface area contributed by atoms with Crippen LogP contribution in [0.3, 0.4) is 0 Å². The lowest BCUT2D eigenvalue weighted by Crippen LogP contribution is -2.53. The van der Waals surface area contributed by atoms with Gasteiger partial charge in [0.15, 0.2) is 0 Å². The molecule has 0 aromatic heterocycles. The molecule has 168 valence electrons. The zero-order valence-electron chi connectivity index (χ0n) is 19.2. The van der Waals surface area contributed by atoms with Crippen LogP contribution in [-0.2, 0) is 9.53 Å². The normalized spacial score (nSPS) is 13.1. The summed E-state index contributed by atoms with van der Waals surface area (Å²) in [5, 5.41) is 8.48. The summed E-state index contributed by atoms with van der Waals surface area (Å²) in [6.45, 7) is 14.1. The number of hydrogen-bond acceptors (Lipinski definition) is 4. The summed E-state index contributed by atoms with van der Waals surface area (Å²) in [4.78, 5) is 37.2. The van der Waals surface area contributed by atoms with Crippen LogP contribution in [0.15, 0.2) is 24.3 Å². The predicted octanol–water partition coefficient (Wildman–Crippen LogP) is 3.27. The lowest BCUT2D eigenvalue weighted by molar-refractivity contribution is -0.124. The predicted molar refractivity (Wildman–Crippen MR) is 118 cm³/mol. The van der Waals surface area contributed by atoms with Crippen molar-refractivity contribution in [2.45, 2.75) is 60.5 Å². The van der Waals surface area contributed by atoms with E-state index in [2.05, 4.69) is 16.0 Å². The molecule has 1 aromatic carbocycles. The van der Waals surface area contributed by atoms with Gasteiger partial charge in [-0.05, 0) is 36.8 Å². The highest BCUT2D eigenvalue weighted by molar-refractivity contribution is 5.94. The van der Waals surface area contributed by atoms with Gasteiger partial charge in [0.25, 0.3) is 5.91 Å². The van der Waals surface area contributed by atoms with Crippen molar-refractivity contribution in [2.24, 2.45) is 17.8 Å². The Morgan fingerprint density at radius 3 is 2.00 bits per heavy atom. The molecular formula is C23H37N3O4. The van der Waals surface area contributed by atoms with Crippen molar-refractivity contribution >= 4 is 17.9 Å². The van der Waals surface area contributed by atoms with E-state index in [1.165, 1.54) is 0 Å². The number of amides is 3. The maximum absolute atomic E-state index is 12.7. The molecule has 0 bridgehead atoms. The SMILES string of the molecule is Cc1ccc(C(=O)N[C@H](CNC(=O)[C@@H](NC(=O)OCC(C)C)C(C)C)C(C)C)cc1. The lowest BCUT2D eigenvalue weighted by Gasteiger charge is -2.26. The number of carbonyl (C=O) groups is 3. The van der Waals surface area contributed by atoms with Gasteiger partial charge in [0.05, 0.1) is 6.61 Å². The van der Waals surface area contributed by atoms with Crippen LogP contribution in [0, 0.1) is 24.7 Å². The molecule has 0 heterocycles. The second kappa shape index (κ2) is 12.2. The first-order chi connectivity index (χ1) is 14.0. The van der Waals surface area contributed by atoms with Crippen molar-refractivity contribution in [3.63, 3.8) is 0 Å². The third-order valence-corrected chi connectivity index (χ3v) is 4.70. The van der Waals surface area contributed by atoms with Crippen LogP contribution in [0.5, 0.6) is 0 Å². The minimum atomic E-state index is -0.717. The van der Waals surface area contributed by atoms with Crippen LogP contribution in [-0.4, -0.2) is 43.1 Å². The van der Waals surface area contributed by atoms with Gasteiger partial charge in [-0.1, -0.05) is 59.2 Å². The Balaban J connectivity index is 2.67. The molecule has 2 atom stereocenters. The van der Waals surface area contributed by atoms with E-state index in [1.807, 2.05) is 60.6 Å². The average molecular weight is 420 g/mol. The molecule has 0 saturated heterocycles. The smallest absolute Gasteiger partial charge is 0.407 e. The number of hydrogen-bond donors (Lipinski definition) is 3. The molecule has 7 heteroatoms. The van der Waals surface area contributed by atoms with Crippen molar-refractivity contribution in [3.05, 3.63) is 35.4 Å². The summed E-state index contributed by atoms with van der Waals surface area (Å²) in [5.74, 6) is -0.274. The highest BCUT2D eigenvalue weighted by Crippen LogP contribution is 2.08. The van der Waals surface area contributed by atoms with Gasteiger partial charge < -0.3 is 20.7 Å². The number of ether oxygens (including phenoxy) is 1. The summed E-state index contributed by atoms with van der Waals surface area (Å²) >= 11 is 0. The molecule has 7 nitrogen and oxygen atoms in total. The second-order valence-electron chi connectivity index (χ2n) is 8.79. The topological polar surface area (TPSA) is 96.5 Å². The fourth-order valence-electron chi connectivity index (χ4n) is 2.68. The fourth-order valence-corrected chi connectivity index (χ4v) is 2.68. The number of aryl methyl sites for hydroxylation is 1. The molecular weight excluding hydrogens is 382 g/mol. The Hall–Kier alpha value is -2.57. The van der Waals surface area contributed by atoms with Gasteiger partial charge in [0.1, 0.15) is 6.04 Å². The molecule has 0 fully saturated rings. The van der Waals surface area contributed by atoms with Crippen molar-refractivity contribution < 1.29 is 19.1 Å². The van der Waals surface area contributed by atoms with E-state index in [0.29, 0.717) is 12.2 Å². The van der Waals surface area contributed by atoms with Gasteiger partial charge in [-0.3, -0.25) is 9.59 Å². The van der Waals surface area contributed by atoms with Crippen LogP contribution in [0.2, 0.25) is 0 Å². The molecule has 0 spiro atoms. The van der Waals surface area contributed by atoms with Crippen LogP contribution < -0.4 is 16.0 Å². The number of rotatable bonds is 10. The van der Waals surface area contributed by atoms with Crippen LogP contribution in [0.25, 0.3) is 0 Å². The quantitative estimate of drug-likeness (QED) is 0.542. The van der Waals surface area contributed by atoms with Gasteiger partial charge >= 0.3 is 6.09 Å². The first kappa shape index (κ1) is 25.5. The number of benzene rings is 1. The first-order valence-electron chi connectivity index (χ1n) is 10.6. The lowest BCUT2D eigenvalue weighted by atomic mass is 10.0. The summed E-state index contributed by atoms with van der Waals surface area (Å²) in [6, 6.07) is 6.37. The van der Waals surface area contributed by atoms with Gasteiger partial charge in [0.2, 0.25) is 5.91 Å². The van der Waals surface area contributed by atoms with E-state index in [9.17, 15) is 14.4 Å². The second-order valence-corrected chi connectivity index (χ2v) is 8.79. The maximum atomic E-state index is 12.7. The Morgan fingerprint density at radius 2 is 1.50 bits per heavy atom. The molecule has 0 aliphatic carbocycles. The van der Waals surface area contributed by atoms with Crippen molar-refractivity contribution in [2.75, 3.05) is 13.2 Å². The van der Waals surface area contributed by atoms with Gasteiger partial charge in [-0.2, -0.15) is 0 Å². The Bertz CT molecular complexity index is 699. The fraction of sp³-hybridized carbons (Fsp3) is 0.609. The molecule has 3 N–H and O–H groups in total. The van der Waals surface area contributed by atoms with E-state index >= 15 is 0 Å². The monoisotopic (exact) mass is 419 g/mol. The van der Waals surface area contributed by atoms with Gasteiger partial charge in [-0.25, -0.2) is 4.79 Å². The molecule has 1 aromatic rings. The zero-order chi connectivity index (χ0) is 22.8. The number of nitrogens with one attached hydrogen (secondary N) is 3. The standard InChI is InChI=1S/C23H37N3O4/c1-14(2)13-30-23(29)26-20(16(5)6)22(28)24-12-19(15(3)4)25-21(27)18-10-8-17(7)9-11-18/h8-11,14-16,19-20H,12-13H2,1-7H3,(H,24,28)(H,25,27)(H,26,29)/t19-,20+/m1/s1. The zero-order valence-corrected chi connectivity index (χ0v) is 19.2. The highest BCUT2D eigenvalue weighted by atomic mass is 16.5. The number of carbonyl (C=O) groups excluding carboxylic acids is 3. The van der Waals surface area contributed by atoms with Crippen LogP contribution >= 0.6 is 0 Å². The van der Waals surface area contributed by atoms with Gasteiger partial charge in [0, 0.05) is 18.2 Å². The average Bonchev–Trinajstić information content (AvgIpc) is 2.67. The van der Waals surface area contributed by atoms with E-state index in [4.69, 9.17) is 4.74 Å². The number of alkyl carbamates (subject to hydrolysis) is 1. The highest BCUT2D eigenvalue weighted by Gasteiger charge is 2.26. The van der Waals surface area contributed by atoms with Crippen LogP contribution in [0.4, 0.5) is 4.79 Å². The minimum absolute atomic E-state index is 0.112. The van der Waals surface area contributed by atoms with E-state index < -0.39 is 12.1 Å². The summed E-state index contributed by atoms with van der Waals surface area (Å²) < 4.78 is 5.12. The summed E-state index contributed by atoms with van der Waals surface area (Å²) in [7, 11) is 0. The minimum Gasteiger partial charge on any atom is -0.449 e. The third kappa shape index (κ3) is 8.84. The van der Waals surface area contributed by atoms with Crippen molar-refractivity contribution in [1.29, 1.82) is 0 Å². The van der Waals surface area contributed by atoms with Crippen molar-refractivity contribution in [3.8, 4) is 0 Å². The molecule has 0 saturated carbocycles. The third-order valence-electron chi connectivity index (χ3n) is 4.70.